The molecule has 1 fully saturated rings. The number of hydrogen-bond acceptors (Lipinski definition) is 8. The van der Waals surface area contributed by atoms with E-state index >= 15 is 0 Å². The highest BCUT2D eigenvalue weighted by Crippen LogP contribution is 2.41. The lowest BCUT2D eigenvalue weighted by molar-refractivity contribution is -0.126. The number of hydrogen-bond donors (Lipinski definition) is 0. The minimum absolute atomic E-state index is 0.328. The van der Waals surface area contributed by atoms with Crippen molar-refractivity contribution in [3.05, 3.63) is 42.0 Å². The Labute approximate surface area is 171 Å². The van der Waals surface area contributed by atoms with E-state index in [-0.39, 0.29) is 0 Å². The maximum Gasteiger partial charge on any atom is 0.278 e. The summed E-state index contributed by atoms with van der Waals surface area (Å²) < 4.78 is 21.9. The van der Waals surface area contributed by atoms with Crippen molar-refractivity contribution in [1.29, 1.82) is 0 Å². The molecule has 2 aromatic carbocycles. The van der Waals surface area contributed by atoms with E-state index in [1.165, 1.54) is 14.2 Å². The van der Waals surface area contributed by atoms with Crippen LogP contribution in [0.25, 0.3) is 0 Å². The monoisotopic (exact) mass is 410 g/mol. The molecule has 2 aromatic rings. The van der Waals surface area contributed by atoms with E-state index in [0.717, 1.165) is 4.90 Å². The number of imide groups is 1. The second-order valence-electron chi connectivity index (χ2n) is 6.86. The third-order valence-corrected chi connectivity index (χ3v) is 5.28. The largest absolute Gasteiger partial charge is 0.493 e. The van der Waals surface area contributed by atoms with Gasteiger partial charge in [0.05, 0.1) is 19.9 Å². The summed E-state index contributed by atoms with van der Waals surface area (Å²) in [5.74, 6) is 0.170. The van der Waals surface area contributed by atoms with Crippen LogP contribution in [0.3, 0.4) is 0 Å². The van der Waals surface area contributed by atoms with Crippen LogP contribution in [0.2, 0.25) is 0 Å². The zero-order valence-corrected chi connectivity index (χ0v) is 16.3. The molecule has 0 aromatic heterocycles. The summed E-state index contributed by atoms with van der Waals surface area (Å²) in [6, 6.07) is 10.2. The van der Waals surface area contributed by atoms with Crippen LogP contribution in [0.5, 0.6) is 23.0 Å². The van der Waals surface area contributed by atoms with Gasteiger partial charge in [0, 0.05) is 11.6 Å². The lowest BCUT2D eigenvalue weighted by Gasteiger charge is -2.21. The van der Waals surface area contributed by atoms with Crippen molar-refractivity contribution in [3.63, 3.8) is 0 Å². The average Bonchev–Trinajstić information content (AvgIpc) is 3.32. The molecule has 0 aliphatic carbocycles. The van der Waals surface area contributed by atoms with E-state index in [9.17, 15) is 9.59 Å². The van der Waals surface area contributed by atoms with Gasteiger partial charge in [-0.2, -0.15) is 0 Å². The number of anilines is 1. The number of nitrogens with zero attached hydrogens (tertiary/aromatic N) is 2. The number of amides is 2. The summed E-state index contributed by atoms with van der Waals surface area (Å²) >= 11 is 0. The van der Waals surface area contributed by atoms with Crippen LogP contribution in [-0.4, -0.2) is 51.1 Å². The van der Waals surface area contributed by atoms with Crippen molar-refractivity contribution >= 4 is 23.2 Å². The fourth-order valence-electron chi connectivity index (χ4n) is 3.91. The third kappa shape index (κ3) is 2.58. The molecule has 5 rings (SSSR count). The van der Waals surface area contributed by atoms with Gasteiger partial charge in [-0.3, -0.25) is 9.59 Å². The Morgan fingerprint density at radius 2 is 1.80 bits per heavy atom. The van der Waals surface area contributed by atoms with Gasteiger partial charge >= 0.3 is 0 Å². The Morgan fingerprint density at radius 3 is 2.57 bits per heavy atom. The van der Waals surface area contributed by atoms with Gasteiger partial charge in [0.2, 0.25) is 12.0 Å². The average molecular weight is 410 g/mol. The predicted octanol–water partition coefficient (Wildman–Crippen LogP) is 1.77. The number of oxime groups is 1. The van der Waals surface area contributed by atoms with Crippen molar-refractivity contribution in [2.75, 3.05) is 32.3 Å². The number of para-hydroxylation sites is 1. The first-order valence-corrected chi connectivity index (χ1v) is 9.36. The first-order chi connectivity index (χ1) is 14.6. The van der Waals surface area contributed by atoms with Crippen molar-refractivity contribution in [2.24, 2.45) is 11.1 Å². The van der Waals surface area contributed by atoms with Gasteiger partial charge in [0.25, 0.3) is 5.91 Å². The highest BCUT2D eigenvalue weighted by atomic mass is 16.7. The minimum atomic E-state index is -1.03. The highest BCUT2D eigenvalue weighted by Gasteiger charge is 2.56. The molecule has 0 radical (unpaired) electrons. The number of carbonyl (C=O) groups excluding carboxylic acids is 2. The second-order valence-corrected chi connectivity index (χ2v) is 6.86. The zero-order valence-electron chi connectivity index (χ0n) is 16.3. The van der Waals surface area contributed by atoms with Crippen molar-refractivity contribution in [2.45, 2.75) is 6.10 Å². The van der Waals surface area contributed by atoms with Crippen LogP contribution in [0.15, 0.2) is 41.6 Å². The van der Waals surface area contributed by atoms with E-state index < -0.39 is 23.8 Å². The van der Waals surface area contributed by atoms with E-state index in [1.807, 2.05) is 0 Å². The van der Waals surface area contributed by atoms with E-state index in [2.05, 4.69) is 5.16 Å². The van der Waals surface area contributed by atoms with Gasteiger partial charge in [-0.1, -0.05) is 11.2 Å². The topological polar surface area (TPSA) is 95.9 Å². The molecule has 3 aliphatic rings. The van der Waals surface area contributed by atoms with Crippen LogP contribution in [0.1, 0.15) is 5.56 Å². The van der Waals surface area contributed by atoms with Crippen LogP contribution < -0.4 is 23.8 Å². The molecule has 1 saturated heterocycles. The number of carbonyl (C=O) groups is 2. The molecule has 0 spiro atoms. The lowest BCUT2D eigenvalue weighted by atomic mass is 9.93. The van der Waals surface area contributed by atoms with Crippen molar-refractivity contribution in [3.8, 4) is 23.0 Å². The van der Waals surface area contributed by atoms with Gasteiger partial charge in [0.15, 0.2) is 23.0 Å². The highest BCUT2D eigenvalue weighted by molar-refractivity contribution is 6.32. The molecular formula is C21H18N2O7. The molecule has 0 N–H and O–H groups in total. The van der Waals surface area contributed by atoms with Crippen molar-refractivity contribution < 1.29 is 33.4 Å². The number of methoxy groups -OCH3 is 2. The summed E-state index contributed by atoms with van der Waals surface area (Å²) in [5.41, 5.74) is 1.26. The zero-order chi connectivity index (χ0) is 20.8. The van der Waals surface area contributed by atoms with Crippen LogP contribution in [-0.2, 0) is 14.4 Å². The van der Waals surface area contributed by atoms with Crippen LogP contribution in [0.4, 0.5) is 5.69 Å². The van der Waals surface area contributed by atoms with Gasteiger partial charge in [-0.25, -0.2) is 4.90 Å². The smallest absolute Gasteiger partial charge is 0.278 e. The molecule has 0 unspecified atom stereocenters. The summed E-state index contributed by atoms with van der Waals surface area (Å²) in [6.45, 7) is 0.854. The fourth-order valence-corrected chi connectivity index (χ4v) is 3.91. The summed E-state index contributed by atoms with van der Waals surface area (Å²) in [7, 11) is 3.02. The number of ether oxygens (including phenoxy) is 4. The Kier molecular flexibility index (Phi) is 4.23. The summed E-state index contributed by atoms with van der Waals surface area (Å²) in [5, 5.41) is 4.04. The van der Waals surface area contributed by atoms with Crippen molar-refractivity contribution in [1.82, 2.24) is 0 Å². The van der Waals surface area contributed by atoms with E-state index in [1.54, 1.807) is 36.4 Å². The second kappa shape index (κ2) is 6.94. The van der Waals surface area contributed by atoms with Gasteiger partial charge < -0.3 is 23.8 Å². The number of rotatable bonds is 4. The Balaban J connectivity index is 1.51. The maximum absolute atomic E-state index is 13.3. The Hall–Kier alpha value is -3.75. The molecule has 9 heteroatoms. The molecule has 0 bridgehead atoms. The molecule has 9 nitrogen and oxygen atoms in total. The van der Waals surface area contributed by atoms with E-state index in [0.29, 0.717) is 53.2 Å². The predicted molar refractivity (Wildman–Crippen MR) is 104 cm³/mol. The quantitative estimate of drug-likeness (QED) is 0.709. The number of fused-ring (bicyclic) bond motifs is 2. The molecule has 2 amide bonds. The van der Waals surface area contributed by atoms with Gasteiger partial charge in [0.1, 0.15) is 24.8 Å². The molecule has 3 aliphatic heterocycles. The first kappa shape index (κ1) is 18.3. The van der Waals surface area contributed by atoms with Gasteiger partial charge in [-0.05, 0) is 24.3 Å². The summed E-state index contributed by atoms with van der Waals surface area (Å²) in [6.07, 6.45) is -1.03. The summed E-state index contributed by atoms with van der Waals surface area (Å²) in [4.78, 5) is 32.8. The lowest BCUT2D eigenvalue weighted by Crippen LogP contribution is -2.33. The molecule has 3 heterocycles. The molecule has 154 valence electrons. The Bertz CT molecular complexity index is 1080. The molecule has 30 heavy (non-hydrogen) atoms. The SMILES string of the molecule is COc1cccc(C2=NO[C@H]3C(=O)N(c4ccc5c(c4)OCCO5)C(=O)[C@H]23)c1OC. The normalized spacial score (nSPS) is 21.8. The standard InChI is InChI=1S/C21H18N2O7/c1-26-14-5-3-4-12(18(14)27-2)17-16-19(30-22-17)21(25)23(20(16)24)11-6-7-13-15(10-11)29-9-8-28-13/h3-7,10,16,19H,8-9H2,1-2H3/t16-,19-/m1/s1. The third-order valence-electron chi connectivity index (χ3n) is 5.28. The van der Waals surface area contributed by atoms with Gasteiger partial charge in [-0.15, -0.1) is 0 Å². The van der Waals surface area contributed by atoms with Crippen LogP contribution in [0, 0.1) is 5.92 Å². The molecule has 0 saturated carbocycles. The molecule has 2 atom stereocenters. The maximum atomic E-state index is 13.3. The fraction of sp³-hybridized carbons (Fsp3) is 0.286. The van der Waals surface area contributed by atoms with E-state index in [4.69, 9.17) is 23.8 Å². The van der Waals surface area contributed by atoms with Crippen LogP contribution >= 0.6 is 0 Å². The minimum Gasteiger partial charge on any atom is -0.493 e. The molecular weight excluding hydrogens is 392 g/mol. The first-order valence-electron chi connectivity index (χ1n) is 9.36. The Morgan fingerprint density at radius 1 is 1.00 bits per heavy atom. The number of benzene rings is 2.